The van der Waals surface area contributed by atoms with Crippen LogP contribution >= 0.6 is 0 Å². The molecule has 0 atom stereocenters. The first-order valence-electron chi connectivity index (χ1n) is 7.60. The summed E-state index contributed by atoms with van der Waals surface area (Å²) in [5.74, 6) is 1.11. The number of carbonyl (C=O) groups is 1. The van der Waals surface area contributed by atoms with E-state index in [-0.39, 0.29) is 12.3 Å². The largest absolute Gasteiger partial charge is 0.359 e. The maximum atomic E-state index is 11.6. The number of likely N-dealkylation sites (N-methyl/N-ethyl adjacent to an activating group) is 1. The second-order valence-corrected chi connectivity index (χ2v) is 5.67. The van der Waals surface area contributed by atoms with Gasteiger partial charge in [-0.1, -0.05) is 0 Å². The fourth-order valence-electron chi connectivity index (χ4n) is 2.53. The lowest BCUT2D eigenvalue weighted by Gasteiger charge is -2.02. The summed E-state index contributed by atoms with van der Waals surface area (Å²) in [6.07, 6.45) is 6.27. The molecule has 0 aliphatic carbocycles. The summed E-state index contributed by atoms with van der Waals surface area (Å²) in [4.78, 5) is 16.2. The van der Waals surface area contributed by atoms with Crippen LogP contribution in [0.1, 0.15) is 22.9 Å². The maximum Gasteiger partial charge on any atom is 0.227 e. The van der Waals surface area contributed by atoms with Crippen molar-refractivity contribution >= 4 is 5.91 Å². The Morgan fingerprint density at radius 3 is 2.58 bits per heavy atom. The van der Waals surface area contributed by atoms with Crippen molar-refractivity contribution in [2.45, 2.75) is 19.8 Å². The third kappa shape index (κ3) is 3.19. The van der Waals surface area contributed by atoms with Gasteiger partial charge in [0.1, 0.15) is 11.5 Å². The lowest BCUT2D eigenvalue weighted by atomic mass is 10.2. The molecule has 126 valence electrons. The molecule has 3 heterocycles. The highest BCUT2D eigenvalue weighted by molar-refractivity contribution is 5.77. The van der Waals surface area contributed by atoms with Gasteiger partial charge in [0.2, 0.25) is 5.91 Å². The van der Waals surface area contributed by atoms with Gasteiger partial charge in [-0.05, 0) is 6.92 Å². The van der Waals surface area contributed by atoms with Gasteiger partial charge >= 0.3 is 0 Å². The predicted molar refractivity (Wildman–Crippen MR) is 86.6 cm³/mol. The number of aromatic nitrogens is 7. The van der Waals surface area contributed by atoms with Crippen molar-refractivity contribution < 1.29 is 4.79 Å². The smallest absolute Gasteiger partial charge is 0.227 e. The van der Waals surface area contributed by atoms with Crippen LogP contribution in [-0.4, -0.2) is 47.3 Å². The van der Waals surface area contributed by atoms with Gasteiger partial charge in [-0.3, -0.25) is 14.2 Å². The van der Waals surface area contributed by atoms with Crippen LogP contribution in [0.15, 0.2) is 18.6 Å². The van der Waals surface area contributed by atoms with E-state index in [1.54, 1.807) is 27.3 Å². The molecule has 9 nitrogen and oxygen atoms in total. The van der Waals surface area contributed by atoms with Crippen molar-refractivity contribution in [3.05, 3.63) is 41.5 Å². The van der Waals surface area contributed by atoms with Crippen LogP contribution in [0, 0.1) is 6.92 Å². The van der Waals surface area contributed by atoms with Crippen molar-refractivity contribution in [2.75, 3.05) is 7.05 Å². The minimum atomic E-state index is -0.123. The molecule has 0 saturated heterocycles. The molecule has 0 spiro atoms. The van der Waals surface area contributed by atoms with Gasteiger partial charge in [0.25, 0.3) is 0 Å². The SMILES string of the molecule is CNC(=O)Cc1nc(Cc2cn(C)nc2C)n(-c2cnn(C)c2)n1. The predicted octanol–water partition coefficient (Wildman–Crippen LogP) is -0.0780. The van der Waals surface area contributed by atoms with E-state index >= 15 is 0 Å². The average molecular weight is 328 g/mol. The van der Waals surface area contributed by atoms with E-state index in [1.807, 2.05) is 33.4 Å². The Hall–Kier alpha value is -2.97. The molecule has 0 aliphatic rings. The lowest BCUT2D eigenvalue weighted by molar-refractivity contribution is -0.120. The van der Waals surface area contributed by atoms with Crippen molar-refractivity contribution in [3.8, 4) is 5.69 Å². The maximum absolute atomic E-state index is 11.6. The number of nitrogens with zero attached hydrogens (tertiary/aromatic N) is 7. The third-order valence-corrected chi connectivity index (χ3v) is 3.72. The molecule has 1 amide bonds. The van der Waals surface area contributed by atoms with Crippen LogP contribution in [-0.2, 0) is 31.7 Å². The van der Waals surface area contributed by atoms with Crippen LogP contribution in [0.3, 0.4) is 0 Å². The summed E-state index contributed by atoms with van der Waals surface area (Å²) in [6.45, 7) is 1.96. The topological polar surface area (TPSA) is 95.5 Å². The van der Waals surface area contributed by atoms with Crippen molar-refractivity contribution in [1.82, 2.24) is 39.6 Å². The summed E-state index contributed by atoms with van der Waals surface area (Å²) in [7, 11) is 5.33. The molecule has 0 aliphatic heterocycles. The normalized spacial score (nSPS) is 11.0. The monoisotopic (exact) mass is 328 g/mol. The van der Waals surface area contributed by atoms with E-state index in [2.05, 4.69) is 25.6 Å². The molecule has 0 saturated carbocycles. The molecular weight excluding hydrogens is 308 g/mol. The average Bonchev–Trinajstić information content (AvgIpc) is 3.20. The first-order valence-corrected chi connectivity index (χ1v) is 7.60. The van der Waals surface area contributed by atoms with Gasteiger partial charge in [0.15, 0.2) is 5.82 Å². The van der Waals surface area contributed by atoms with E-state index < -0.39 is 0 Å². The quantitative estimate of drug-likeness (QED) is 0.707. The molecule has 0 fully saturated rings. The summed E-state index contributed by atoms with van der Waals surface area (Å²) in [6, 6.07) is 0. The van der Waals surface area contributed by atoms with Gasteiger partial charge < -0.3 is 5.32 Å². The van der Waals surface area contributed by atoms with Gasteiger partial charge in [0, 0.05) is 39.3 Å². The number of hydrogen-bond donors (Lipinski definition) is 1. The van der Waals surface area contributed by atoms with Crippen LogP contribution in [0.2, 0.25) is 0 Å². The highest BCUT2D eigenvalue weighted by atomic mass is 16.1. The number of hydrogen-bond acceptors (Lipinski definition) is 5. The summed E-state index contributed by atoms with van der Waals surface area (Å²) in [5, 5.41) is 15.6. The van der Waals surface area contributed by atoms with E-state index in [1.165, 1.54) is 0 Å². The molecule has 0 unspecified atom stereocenters. The Morgan fingerprint density at radius 2 is 2.00 bits per heavy atom. The molecule has 0 bridgehead atoms. The number of amides is 1. The first kappa shape index (κ1) is 15.9. The Kier molecular flexibility index (Phi) is 4.15. The highest BCUT2D eigenvalue weighted by Crippen LogP contribution is 2.15. The third-order valence-electron chi connectivity index (χ3n) is 3.72. The zero-order valence-electron chi connectivity index (χ0n) is 14.2. The summed E-state index contributed by atoms with van der Waals surface area (Å²) in [5.41, 5.74) is 2.83. The van der Waals surface area contributed by atoms with Crippen molar-refractivity contribution in [2.24, 2.45) is 14.1 Å². The highest BCUT2D eigenvalue weighted by Gasteiger charge is 2.17. The first-order chi connectivity index (χ1) is 11.5. The fourth-order valence-corrected chi connectivity index (χ4v) is 2.53. The molecule has 3 aromatic heterocycles. The Labute approximate surface area is 139 Å². The number of aryl methyl sites for hydroxylation is 3. The van der Waals surface area contributed by atoms with E-state index in [0.29, 0.717) is 12.2 Å². The zero-order chi connectivity index (χ0) is 17.3. The van der Waals surface area contributed by atoms with Gasteiger partial charge in [-0.25, -0.2) is 9.67 Å². The molecule has 0 radical (unpaired) electrons. The van der Waals surface area contributed by atoms with Gasteiger partial charge in [0.05, 0.1) is 24.5 Å². The van der Waals surface area contributed by atoms with E-state index in [9.17, 15) is 4.79 Å². The minimum absolute atomic E-state index is 0.123. The van der Waals surface area contributed by atoms with Crippen LogP contribution in [0.25, 0.3) is 5.69 Å². The number of carbonyl (C=O) groups excluding carboxylic acids is 1. The molecular formula is C15H20N8O. The van der Waals surface area contributed by atoms with Crippen LogP contribution < -0.4 is 5.32 Å². The second-order valence-electron chi connectivity index (χ2n) is 5.67. The van der Waals surface area contributed by atoms with Gasteiger partial charge in [-0.2, -0.15) is 15.3 Å². The molecule has 0 aromatic carbocycles. The Morgan fingerprint density at radius 1 is 1.21 bits per heavy atom. The molecule has 1 N–H and O–H groups in total. The van der Waals surface area contributed by atoms with Crippen molar-refractivity contribution in [1.29, 1.82) is 0 Å². The molecule has 3 rings (SSSR count). The zero-order valence-corrected chi connectivity index (χ0v) is 14.2. The molecule has 9 heteroatoms. The van der Waals surface area contributed by atoms with Crippen molar-refractivity contribution in [3.63, 3.8) is 0 Å². The lowest BCUT2D eigenvalue weighted by Crippen LogP contribution is -2.20. The minimum Gasteiger partial charge on any atom is -0.359 e. The van der Waals surface area contributed by atoms with Gasteiger partial charge in [-0.15, -0.1) is 0 Å². The summed E-state index contributed by atoms with van der Waals surface area (Å²) < 4.78 is 5.22. The van der Waals surface area contributed by atoms with E-state index in [0.717, 1.165) is 22.8 Å². The Bertz CT molecular complexity index is 872. The van der Waals surface area contributed by atoms with Crippen LogP contribution in [0.5, 0.6) is 0 Å². The second kappa shape index (κ2) is 6.26. The Balaban J connectivity index is 1.98. The number of nitrogens with one attached hydrogen (secondary N) is 1. The number of rotatable bonds is 5. The fraction of sp³-hybridized carbons (Fsp3) is 0.400. The molecule has 24 heavy (non-hydrogen) atoms. The molecule has 3 aromatic rings. The van der Waals surface area contributed by atoms with E-state index in [4.69, 9.17) is 0 Å². The standard InChI is InChI=1S/C15H20N8O/c1-10-11(8-22(4)19-10)5-14-18-13(6-15(24)16-2)20-23(14)12-7-17-21(3)9-12/h7-9H,5-6H2,1-4H3,(H,16,24). The summed E-state index contributed by atoms with van der Waals surface area (Å²) >= 11 is 0. The van der Waals surface area contributed by atoms with Crippen LogP contribution in [0.4, 0.5) is 0 Å².